The molecule has 2 N–H and O–H groups in total. The Morgan fingerprint density at radius 3 is 1.46 bits per heavy atom. The summed E-state index contributed by atoms with van der Waals surface area (Å²) < 4.78 is 0.844. The molecule has 0 unspecified atom stereocenters. The second-order valence-electron chi connectivity index (χ2n) is 3.81. The van der Waals surface area contributed by atoms with Gasteiger partial charge in [-0.2, -0.15) is 0 Å². The molecule has 0 aromatic carbocycles. The second-order valence-corrected chi connectivity index (χ2v) is 3.81. The van der Waals surface area contributed by atoms with E-state index in [1.165, 1.54) is 0 Å². The van der Waals surface area contributed by atoms with Gasteiger partial charge in [-0.25, -0.2) is 0 Å². The maximum absolute atomic E-state index is 8.39. The maximum atomic E-state index is 8.39. The highest BCUT2D eigenvalue weighted by molar-refractivity contribution is 4.23. The van der Waals surface area contributed by atoms with E-state index in [-0.39, 0.29) is 19.0 Å². The van der Waals surface area contributed by atoms with Gasteiger partial charge in [0.15, 0.2) is 0 Å². The fraction of sp³-hybridized carbons (Fsp3) is 1.00. The summed E-state index contributed by atoms with van der Waals surface area (Å²) in [5.74, 6) is 0. The lowest BCUT2D eigenvalue weighted by atomic mass is 10.4. The fourth-order valence-electron chi connectivity index (χ4n) is 0.458. The molecule has 0 bridgehead atoms. The van der Waals surface area contributed by atoms with Gasteiger partial charge in [0.05, 0.1) is 27.7 Å². The lowest BCUT2D eigenvalue weighted by Crippen LogP contribution is -3.00. The van der Waals surface area contributed by atoms with E-state index in [1.807, 2.05) is 0 Å². The molecule has 0 aliphatic carbocycles. The van der Waals surface area contributed by atoms with E-state index in [9.17, 15) is 0 Å². The number of aliphatic hydroxyl groups is 2. The minimum Gasteiger partial charge on any atom is -1.00 e. The number of rotatable bonds is 4. The summed E-state index contributed by atoms with van der Waals surface area (Å²) in [6.45, 7) is 3.51. The van der Waals surface area contributed by atoms with Crippen LogP contribution in [0.25, 0.3) is 0 Å². The van der Waals surface area contributed by atoms with Crippen molar-refractivity contribution in [3.63, 3.8) is 0 Å². The van der Waals surface area contributed by atoms with E-state index in [2.05, 4.69) is 28.1 Å². The molecule has 0 aromatic rings. The van der Waals surface area contributed by atoms with Gasteiger partial charge in [0.25, 0.3) is 0 Å². The van der Waals surface area contributed by atoms with Crippen molar-refractivity contribution in [1.29, 1.82) is 0 Å². The Hall–Kier alpha value is 0.170. The lowest BCUT2D eigenvalue weighted by molar-refractivity contribution is -0.870. The molecule has 13 heavy (non-hydrogen) atoms. The molecule has 0 spiro atoms. The van der Waals surface area contributed by atoms with Gasteiger partial charge in [-0.15, -0.1) is 0 Å². The standard InChI is InChI=1S/C5H14NO.C4H10O.ClH/c1-6(2,3)4-5-7;1-2-3-4-5;/h7H,4-5H2,1-3H3;5H,2-4H2,1H3;1H/q+1;;/p-1. The first-order valence-corrected chi connectivity index (χ1v) is 4.50. The van der Waals surface area contributed by atoms with E-state index >= 15 is 0 Å². The molecule has 0 fully saturated rings. The van der Waals surface area contributed by atoms with E-state index in [0.29, 0.717) is 6.61 Å². The number of aliphatic hydroxyl groups excluding tert-OH is 2. The van der Waals surface area contributed by atoms with Gasteiger partial charge in [-0.3, -0.25) is 0 Å². The van der Waals surface area contributed by atoms with Crippen molar-refractivity contribution in [3.8, 4) is 0 Å². The van der Waals surface area contributed by atoms with Crippen LogP contribution in [0.15, 0.2) is 0 Å². The summed E-state index contributed by atoms with van der Waals surface area (Å²) in [7, 11) is 6.16. The van der Waals surface area contributed by atoms with Crippen LogP contribution in [0.2, 0.25) is 0 Å². The predicted octanol–water partition coefficient (Wildman–Crippen LogP) is -2.53. The van der Waals surface area contributed by atoms with Crippen LogP contribution in [0.1, 0.15) is 19.8 Å². The minimum atomic E-state index is 0. The molecule has 0 aliphatic heterocycles. The van der Waals surface area contributed by atoms with Crippen molar-refractivity contribution in [2.24, 2.45) is 0 Å². The molecule has 0 saturated heterocycles. The Kier molecular flexibility index (Phi) is 17.7. The molecule has 4 heteroatoms. The van der Waals surface area contributed by atoms with Gasteiger partial charge in [-0.05, 0) is 6.42 Å². The maximum Gasteiger partial charge on any atom is 0.101 e. The van der Waals surface area contributed by atoms with E-state index in [4.69, 9.17) is 10.2 Å². The van der Waals surface area contributed by atoms with Crippen LogP contribution in [0, 0.1) is 0 Å². The first kappa shape index (κ1) is 18.9. The van der Waals surface area contributed by atoms with Gasteiger partial charge in [0.2, 0.25) is 0 Å². The van der Waals surface area contributed by atoms with Gasteiger partial charge in [-0.1, -0.05) is 13.3 Å². The zero-order valence-electron chi connectivity index (χ0n) is 9.26. The van der Waals surface area contributed by atoms with Crippen LogP contribution in [0.4, 0.5) is 0 Å². The van der Waals surface area contributed by atoms with Crippen molar-refractivity contribution < 1.29 is 27.1 Å². The number of quaternary nitrogens is 1. The molecule has 0 aliphatic rings. The molecule has 0 atom stereocenters. The molecular weight excluding hydrogens is 190 g/mol. The zero-order valence-corrected chi connectivity index (χ0v) is 10.0. The zero-order chi connectivity index (χ0) is 10.0. The second kappa shape index (κ2) is 12.2. The Morgan fingerprint density at radius 2 is 1.46 bits per heavy atom. The number of hydrogen-bond donors (Lipinski definition) is 2. The molecule has 84 valence electrons. The van der Waals surface area contributed by atoms with Gasteiger partial charge < -0.3 is 27.1 Å². The van der Waals surface area contributed by atoms with Crippen molar-refractivity contribution >= 4 is 0 Å². The van der Waals surface area contributed by atoms with Crippen LogP contribution in [-0.4, -0.2) is 55.6 Å². The molecule has 0 radical (unpaired) electrons. The summed E-state index contributed by atoms with van der Waals surface area (Å²) in [5, 5.41) is 16.5. The summed E-state index contributed by atoms with van der Waals surface area (Å²) in [5.41, 5.74) is 0. The fourth-order valence-corrected chi connectivity index (χ4v) is 0.458. The van der Waals surface area contributed by atoms with E-state index < -0.39 is 0 Å². The Balaban J connectivity index is -0.000000150. The molecule has 0 saturated carbocycles. The minimum absolute atomic E-state index is 0. The van der Waals surface area contributed by atoms with Crippen molar-refractivity contribution in [3.05, 3.63) is 0 Å². The number of halogens is 1. The van der Waals surface area contributed by atoms with Gasteiger partial charge >= 0.3 is 0 Å². The molecule has 3 nitrogen and oxygen atoms in total. The van der Waals surface area contributed by atoms with Crippen LogP contribution in [-0.2, 0) is 0 Å². The number of hydrogen-bond acceptors (Lipinski definition) is 2. The van der Waals surface area contributed by atoms with E-state index in [1.54, 1.807) is 0 Å². The van der Waals surface area contributed by atoms with Gasteiger partial charge in [0.1, 0.15) is 6.54 Å². The van der Waals surface area contributed by atoms with Crippen molar-refractivity contribution in [1.82, 2.24) is 0 Å². The molecule has 0 rings (SSSR count). The Bertz CT molecular complexity index is 82.2. The van der Waals surface area contributed by atoms with Crippen LogP contribution >= 0.6 is 0 Å². The molecule has 0 heterocycles. The summed E-state index contributed by atoms with van der Waals surface area (Å²) in [4.78, 5) is 0. The van der Waals surface area contributed by atoms with E-state index in [0.717, 1.165) is 23.9 Å². The molecular formula is C9H24ClNO2. The highest BCUT2D eigenvalue weighted by Crippen LogP contribution is 1.84. The molecule has 0 aromatic heterocycles. The number of nitrogens with zero attached hydrogens (tertiary/aromatic N) is 1. The topological polar surface area (TPSA) is 40.5 Å². The van der Waals surface area contributed by atoms with Crippen LogP contribution in [0.5, 0.6) is 0 Å². The third kappa shape index (κ3) is 33.1. The summed E-state index contributed by atoms with van der Waals surface area (Å²) in [6.07, 6.45) is 2.04. The van der Waals surface area contributed by atoms with Crippen LogP contribution < -0.4 is 12.4 Å². The van der Waals surface area contributed by atoms with Gasteiger partial charge in [0, 0.05) is 6.61 Å². The first-order valence-electron chi connectivity index (χ1n) is 4.50. The monoisotopic (exact) mass is 213 g/mol. The summed E-state index contributed by atoms with van der Waals surface area (Å²) in [6, 6.07) is 0. The predicted molar refractivity (Wildman–Crippen MR) is 52.0 cm³/mol. The van der Waals surface area contributed by atoms with Crippen LogP contribution in [0.3, 0.4) is 0 Å². The highest BCUT2D eigenvalue weighted by atomic mass is 35.5. The third-order valence-electron chi connectivity index (χ3n) is 1.28. The Morgan fingerprint density at radius 1 is 1.00 bits per heavy atom. The largest absolute Gasteiger partial charge is 1.00 e. The third-order valence-corrected chi connectivity index (χ3v) is 1.28. The average Bonchev–Trinajstić information content (AvgIpc) is 1.87. The lowest BCUT2D eigenvalue weighted by Gasteiger charge is -2.21. The average molecular weight is 214 g/mol. The SMILES string of the molecule is CCCCO.C[N+](C)(C)CCO.[Cl-]. The quantitative estimate of drug-likeness (QED) is 0.506. The first-order chi connectivity index (χ1) is 5.47. The van der Waals surface area contributed by atoms with Crippen molar-refractivity contribution in [2.45, 2.75) is 19.8 Å². The highest BCUT2D eigenvalue weighted by Gasteiger charge is 2.02. The molecule has 0 amide bonds. The normalized spacial score (nSPS) is 9.69. The number of likely N-dealkylation sites (N-methyl/N-ethyl adjacent to an activating group) is 1. The summed E-state index contributed by atoms with van der Waals surface area (Å²) >= 11 is 0. The smallest absolute Gasteiger partial charge is 0.101 e. The Labute approximate surface area is 88.4 Å². The number of unbranched alkanes of at least 4 members (excludes halogenated alkanes) is 1. The van der Waals surface area contributed by atoms with Crippen molar-refractivity contribution in [2.75, 3.05) is 40.9 Å².